The molecule has 0 aromatic heterocycles. The molecule has 5 heteroatoms. The van der Waals surface area contributed by atoms with Crippen LogP contribution in [0.15, 0.2) is 0 Å². The van der Waals surface area contributed by atoms with Crippen molar-refractivity contribution in [3.05, 3.63) is 0 Å². The van der Waals surface area contributed by atoms with Gasteiger partial charge in [0.25, 0.3) is 7.38 Å². The Kier molecular flexibility index (Phi) is 4.54. The van der Waals surface area contributed by atoms with E-state index in [0.717, 1.165) is 11.0 Å². The molecule has 0 rings (SSSR count). The Hall–Kier alpha value is 0.440. The predicted molar refractivity (Wildman–Crippen MR) is 43.7 cm³/mol. The highest BCUT2D eigenvalue weighted by molar-refractivity contribution is 7.69. The van der Waals surface area contributed by atoms with E-state index in [0.29, 0.717) is 6.61 Å². The second-order valence-electron chi connectivity index (χ2n) is 3.10. The van der Waals surface area contributed by atoms with Gasteiger partial charge in [0.1, 0.15) is 13.2 Å². The van der Waals surface area contributed by atoms with Crippen LogP contribution in [0.4, 0.5) is 0 Å². The lowest BCUT2D eigenvalue weighted by atomic mass is 10.5. The number of quaternary nitrogens is 1. The number of nitrogens with zero attached hydrogens (tertiary/aromatic N) is 1. The van der Waals surface area contributed by atoms with Gasteiger partial charge in [-0.1, -0.05) is 0 Å². The van der Waals surface area contributed by atoms with Crippen LogP contribution in [0, 0.1) is 0 Å². The molecule has 0 fully saturated rings. The SMILES string of the molecule is C[N+](C)(C)CCO[PH](=O)Cl. The highest BCUT2D eigenvalue weighted by Gasteiger charge is 2.06. The standard InChI is InChI=1S/C5H14ClNO2P/c1-7(2,3)4-5-9-10(6)8/h10H,4-5H2,1-3H3/q+1. The zero-order valence-electron chi connectivity index (χ0n) is 6.56. The van der Waals surface area contributed by atoms with Crippen LogP contribution < -0.4 is 0 Å². The van der Waals surface area contributed by atoms with Gasteiger partial charge in [-0.15, -0.1) is 0 Å². The molecule has 0 amide bonds. The van der Waals surface area contributed by atoms with E-state index in [1.807, 2.05) is 21.1 Å². The normalized spacial score (nSPS) is 15.2. The van der Waals surface area contributed by atoms with Crippen molar-refractivity contribution in [1.29, 1.82) is 0 Å². The summed E-state index contributed by atoms with van der Waals surface area (Å²) in [6.07, 6.45) is 0. The summed E-state index contributed by atoms with van der Waals surface area (Å²) in [7, 11) is 3.87. The van der Waals surface area contributed by atoms with Gasteiger partial charge in [-0.2, -0.15) is 0 Å². The van der Waals surface area contributed by atoms with E-state index in [9.17, 15) is 4.57 Å². The summed E-state index contributed by atoms with van der Waals surface area (Å²) in [6.45, 7) is 1.29. The summed E-state index contributed by atoms with van der Waals surface area (Å²) < 4.78 is 15.8. The molecule has 1 unspecified atom stereocenters. The van der Waals surface area contributed by atoms with Crippen molar-refractivity contribution < 1.29 is 13.6 Å². The molecule has 0 N–H and O–H groups in total. The summed E-state index contributed by atoms with van der Waals surface area (Å²) in [4.78, 5) is 0. The van der Waals surface area contributed by atoms with Crippen LogP contribution in [0.3, 0.4) is 0 Å². The van der Waals surface area contributed by atoms with Gasteiger partial charge in [-0.3, -0.25) is 4.57 Å². The molecule has 0 aliphatic carbocycles. The Bertz CT molecular complexity index is 123. The van der Waals surface area contributed by atoms with Gasteiger partial charge in [-0.05, 0) is 11.2 Å². The molecule has 10 heavy (non-hydrogen) atoms. The van der Waals surface area contributed by atoms with Crippen molar-refractivity contribution in [2.75, 3.05) is 34.3 Å². The van der Waals surface area contributed by atoms with Crippen LogP contribution in [0.2, 0.25) is 0 Å². The minimum Gasteiger partial charge on any atom is -0.329 e. The van der Waals surface area contributed by atoms with Crippen LogP contribution >= 0.6 is 18.6 Å². The van der Waals surface area contributed by atoms with Gasteiger partial charge >= 0.3 is 0 Å². The quantitative estimate of drug-likeness (QED) is 0.489. The van der Waals surface area contributed by atoms with E-state index < -0.39 is 7.38 Å². The Morgan fingerprint density at radius 1 is 1.50 bits per heavy atom. The highest BCUT2D eigenvalue weighted by Crippen LogP contribution is 2.26. The topological polar surface area (TPSA) is 26.3 Å². The van der Waals surface area contributed by atoms with Crippen LogP contribution in [0.5, 0.6) is 0 Å². The minimum absolute atomic E-state index is 0.463. The average Bonchev–Trinajstić information content (AvgIpc) is 1.59. The monoisotopic (exact) mass is 186 g/mol. The van der Waals surface area contributed by atoms with Gasteiger partial charge in [0.05, 0.1) is 21.1 Å². The Labute approximate surface area is 67.2 Å². The van der Waals surface area contributed by atoms with Crippen molar-refractivity contribution >= 4 is 18.6 Å². The molecular formula is C5H14ClNO2P+. The fourth-order valence-corrected chi connectivity index (χ4v) is 0.883. The number of hydrogen-bond acceptors (Lipinski definition) is 2. The third kappa shape index (κ3) is 8.44. The third-order valence-electron chi connectivity index (χ3n) is 0.978. The molecule has 0 aromatic rings. The molecule has 0 bridgehead atoms. The largest absolute Gasteiger partial charge is 0.329 e. The Balaban J connectivity index is 3.29. The predicted octanol–water partition coefficient (Wildman–Crippen LogP) is 1.34. The number of hydrogen-bond donors (Lipinski definition) is 0. The van der Waals surface area contributed by atoms with Gasteiger partial charge in [-0.25, -0.2) is 0 Å². The van der Waals surface area contributed by atoms with E-state index in [4.69, 9.17) is 15.8 Å². The second-order valence-corrected chi connectivity index (χ2v) is 4.79. The zero-order valence-corrected chi connectivity index (χ0v) is 8.31. The summed E-state index contributed by atoms with van der Waals surface area (Å²) in [5.74, 6) is 0. The highest BCUT2D eigenvalue weighted by atomic mass is 35.7. The maximum atomic E-state index is 10.3. The van der Waals surface area contributed by atoms with Crippen LogP contribution in [0.25, 0.3) is 0 Å². The molecule has 1 atom stereocenters. The molecule has 0 saturated heterocycles. The van der Waals surface area contributed by atoms with E-state index in [1.54, 1.807) is 0 Å². The fraction of sp³-hybridized carbons (Fsp3) is 1.00. The van der Waals surface area contributed by atoms with Crippen LogP contribution in [0.1, 0.15) is 0 Å². The number of likely N-dealkylation sites (N-methyl/N-ethyl adjacent to an activating group) is 1. The summed E-state index contributed by atoms with van der Waals surface area (Å²) >= 11 is 5.12. The second kappa shape index (κ2) is 4.35. The first-order valence-corrected chi connectivity index (χ1v) is 5.37. The molecule has 0 aliphatic rings. The maximum Gasteiger partial charge on any atom is 0.279 e. The average molecular weight is 187 g/mol. The van der Waals surface area contributed by atoms with Gasteiger partial charge in [0, 0.05) is 0 Å². The van der Waals surface area contributed by atoms with Crippen molar-refractivity contribution in [3.63, 3.8) is 0 Å². The molecule has 0 radical (unpaired) electrons. The molecule has 0 saturated carbocycles. The first-order valence-electron chi connectivity index (χ1n) is 3.04. The van der Waals surface area contributed by atoms with Gasteiger partial charge < -0.3 is 9.01 Å². The first-order chi connectivity index (χ1) is 4.42. The molecule has 0 aromatic carbocycles. The maximum absolute atomic E-state index is 10.3. The van der Waals surface area contributed by atoms with Crippen molar-refractivity contribution in [2.45, 2.75) is 0 Å². The van der Waals surface area contributed by atoms with Crippen molar-refractivity contribution in [2.24, 2.45) is 0 Å². The number of rotatable bonds is 4. The minimum atomic E-state index is -2.24. The number of halogens is 1. The van der Waals surface area contributed by atoms with Gasteiger partial charge in [0.2, 0.25) is 0 Å². The smallest absolute Gasteiger partial charge is 0.279 e. The van der Waals surface area contributed by atoms with E-state index >= 15 is 0 Å². The lowest BCUT2D eigenvalue weighted by Gasteiger charge is -2.22. The molecule has 62 valence electrons. The van der Waals surface area contributed by atoms with E-state index in [2.05, 4.69) is 0 Å². The van der Waals surface area contributed by atoms with E-state index in [-0.39, 0.29) is 0 Å². The van der Waals surface area contributed by atoms with Crippen LogP contribution in [-0.2, 0) is 9.09 Å². The summed E-state index contributed by atoms with van der Waals surface area (Å²) in [6, 6.07) is 0. The first kappa shape index (κ1) is 10.4. The van der Waals surface area contributed by atoms with Gasteiger partial charge in [0.15, 0.2) is 0 Å². The third-order valence-corrected chi connectivity index (χ3v) is 1.74. The Morgan fingerprint density at radius 2 is 2.00 bits per heavy atom. The van der Waals surface area contributed by atoms with Crippen molar-refractivity contribution in [3.8, 4) is 0 Å². The lowest BCUT2D eigenvalue weighted by molar-refractivity contribution is -0.870. The lowest BCUT2D eigenvalue weighted by Crippen LogP contribution is -2.37. The fourth-order valence-electron chi connectivity index (χ4n) is 0.400. The molecule has 0 aliphatic heterocycles. The van der Waals surface area contributed by atoms with E-state index in [1.165, 1.54) is 0 Å². The molecule has 0 heterocycles. The molecule has 3 nitrogen and oxygen atoms in total. The molecule has 0 spiro atoms. The summed E-state index contributed by atoms with van der Waals surface area (Å²) in [5.41, 5.74) is 0. The van der Waals surface area contributed by atoms with Crippen molar-refractivity contribution in [1.82, 2.24) is 0 Å². The van der Waals surface area contributed by atoms with Crippen LogP contribution in [-0.4, -0.2) is 38.8 Å². The summed E-state index contributed by atoms with van der Waals surface area (Å²) in [5, 5.41) is 0. The molecular weight excluding hydrogens is 172 g/mol. The Morgan fingerprint density at radius 3 is 2.30 bits per heavy atom. The zero-order chi connectivity index (χ0) is 8.20.